The van der Waals surface area contributed by atoms with Crippen LogP contribution in [0.3, 0.4) is 0 Å². The van der Waals surface area contributed by atoms with Crippen molar-refractivity contribution in [2.24, 2.45) is 11.3 Å². The highest BCUT2D eigenvalue weighted by Crippen LogP contribution is 2.52. The fourth-order valence-corrected chi connectivity index (χ4v) is 4.53. The zero-order chi connectivity index (χ0) is 21.9. The van der Waals surface area contributed by atoms with E-state index in [1.165, 1.54) is 16.7 Å². The molecule has 1 N–H and O–H groups in total. The van der Waals surface area contributed by atoms with Crippen LogP contribution in [0, 0.1) is 25.2 Å². The van der Waals surface area contributed by atoms with E-state index in [0.717, 1.165) is 28.6 Å². The van der Waals surface area contributed by atoms with Gasteiger partial charge in [0.2, 0.25) is 0 Å². The van der Waals surface area contributed by atoms with Crippen molar-refractivity contribution in [3.63, 3.8) is 0 Å². The number of H-pyrrole nitrogens is 1. The molecule has 3 rings (SSSR count). The van der Waals surface area contributed by atoms with Gasteiger partial charge < -0.3 is 14.5 Å². The van der Waals surface area contributed by atoms with Gasteiger partial charge in [0.25, 0.3) is 0 Å². The molecule has 0 amide bonds. The van der Waals surface area contributed by atoms with Crippen LogP contribution in [-0.2, 0) is 21.6 Å². The average Bonchev–Trinajstić information content (AvgIpc) is 2.97. The van der Waals surface area contributed by atoms with Gasteiger partial charge in [0.1, 0.15) is 11.9 Å². The summed E-state index contributed by atoms with van der Waals surface area (Å²) >= 11 is 0. The second-order valence-corrected chi connectivity index (χ2v) is 9.64. The lowest BCUT2D eigenvalue weighted by atomic mass is 9.69. The second kappa shape index (κ2) is 6.77. The fraction of sp³-hybridized carbons (Fsp3) is 0.625. The Balaban J connectivity index is 2.48. The van der Waals surface area contributed by atoms with Crippen LogP contribution in [-0.4, -0.2) is 17.9 Å². The molecule has 1 aromatic heterocycles. The molecular weight excluding hydrogens is 334 g/mol. The van der Waals surface area contributed by atoms with Crippen molar-refractivity contribution in [3.8, 4) is 0 Å². The molecule has 0 radical (unpaired) electrons. The number of aromatic nitrogens is 1. The maximum atomic E-state index is 11.9. The molecule has 3 heteroatoms. The Labute approximate surface area is 166 Å². The molecule has 2 aromatic rings. The Morgan fingerprint density at radius 2 is 2.07 bits per heavy atom. The van der Waals surface area contributed by atoms with Crippen molar-refractivity contribution in [3.05, 3.63) is 34.0 Å². The number of hydrogen-bond donors (Lipinski definition) is 1. The van der Waals surface area contributed by atoms with E-state index in [1.54, 1.807) is 0 Å². The normalized spacial score (nSPS) is 24.7. The van der Waals surface area contributed by atoms with Crippen molar-refractivity contribution >= 4 is 17.2 Å². The molecule has 1 aliphatic rings. The van der Waals surface area contributed by atoms with Gasteiger partial charge in [0, 0.05) is 25.9 Å². The van der Waals surface area contributed by atoms with Crippen LogP contribution in [0.5, 0.6) is 0 Å². The summed E-state index contributed by atoms with van der Waals surface area (Å²) in [6.07, 6.45) is -0.805. The molecule has 0 aliphatic carbocycles. The van der Waals surface area contributed by atoms with Crippen LogP contribution in [0.2, 0.25) is 0 Å². The molecular formula is C24H35NO2. The SMILES string of the molecule is [2H]C([2H])(C=O)[C@@]1(C(C)(C)C)OCC(C)c2c1[nH]c1c(CC(C)C)c(C)c(C)cc21. The van der Waals surface area contributed by atoms with Gasteiger partial charge in [0.15, 0.2) is 0 Å². The molecule has 1 aromatic carbocycles. The lowest BCUT2D eigenvalue weighted by Crippen LogP contribution is -2.47. The predicted octanol–water partition coefficient (Wildman–Crippen LogP) is 5.95. The Morgan fingerprint density at radius 3 is 2.63 bits per heavy atom. The van der Waals surface area contributed by atoms with E-state index in [2.05, 4.69) is 45.7 Å². The van der Waals surface area contributed by atoms with Crippen LogP contribution in [0.25, 0.3) is 10.9 Å². The molecule has 2 heterocycles. The molecule has 0 fully saturated rings. The lowest BCUT2D eigenvalue weighted by molar-refractivity contribution is -0.151. The maximum Gasteiger partial charge on any atom is 0.123 e. The van der Waals surface area contributed by atoms with Crippen LogP contribution >= 0.6 is 0 Å². The van der Waals surface area contributed by atoms with Crippen molar-refractivity contribution < 1.29 is 12.3 Å². The summed E-state index contributed by atoms with van der Waals surface area (Å²) in [6.45, 7) is 17.1. The zero-order valence-corrected chi connectivity index (χ0v) is 18.0. The average molecular weight is 372 g/mol. The van der Waals surface area contributed by atoms with Gasteiger partial charge in [-0.3, -0.25) is 0 Å². The minimum Gasteiger partial charge on any atom is -0.367 e. The predicted molar refractivity (Wildman–Crippen MR) is 112 cm³/mol. The first-order valence-electron chi connectivity index (χ1n) is 11.0. The van der Waals surface area contributed by atoms with Gasteiger partial charge in [-0.15, -0.1) is 0 Å². The number of fused-ring (bicyclic) bond motifs is 3. The molecule has 0 saturated carbocycles. The molecule has 1 unspecified atom stereocenters. The van der Waals surface area contributed by atoms with Crippen molar-refractivity contribution in [1.29, 1.82) is 0 Å². The first kappa shape index (κ1) is 17.5. The first-order chi connectivity index (χ1) is 13.3. The summed E-state index contributed by atoms with van der Waals surface area (Å²) in [5, 5.41) is 1.14. The van der Waals surface area contributed by atoms with Crippen LogP contribution in [0.4, 0.5) is 0 Å². The number of hydrogen-bond acceptors (Lipinski definition) is 2. The van der Waals surface area contributed by atoms with E-state index >= 15 is 0 Å². The largest absolute Gasteiger partial charge is 0.367 e. The highest BCUT2D eigenvalue weighted by molar-refractivity contribution is 5.90. The van der Waals surface area contributed by atoms with E-state index in [4.69, 9.17) is 7.48 Å². The number of nitrogens with one attached hydrogen (secondary N) is 1. The first-order valence-corrected chi connectivity index (χ1v) is 10.0. The Bertz CT molecular complexity index is 952. The third kappa shape index (κ3) is 3.04. The summed E-state index contributed by atoms with van der Waals surface area (Å²) in [4.78, 5) is 15.5. The van der Waals surface area contributed by atoms with E-state index in [-0.39, 0.29) is 5.92 Å². The maximum absolute atomic E-state index is 11.9. The second-order valence-electron chi connectivity index (χ2n) is 9.64. The van der Waals surface area contributed by atoms with Crippen LogP contribution in [0.15, 0.2) is 6.07 Å². The quantitative estimate of drug-likeness (QED) is 0.675. The van der Waals surface area contributed by atoms with Crippen molar-refractivity contribution in [2.45, 2.75) is 79.7 Å². The van der Waals surface area contributed by atoms with Crippen LogP contribution in [0.1, 0.15) is 84.5 Å². The topological polar surface area (TPSA) is 42.1 Å². The number of ether oxygens (including phenoxy) is 1. The number of aryl methyl sites for hydroxylation is 1. The molecule has 0 bridgehead atoms. The summed E-state index contributed by atoms with van der Waals surface area (Å²) in [6, 6.07) is 2.22. The summed E-state index contributed by atoms with van der Waals surface area (Å²) < 4.78 is 23.6. The molecule has 3 nitrogen and oxygen atoms in total. The highest BCUT2D eigenvalue weighted by atomic mass is 16.5. The number of aromatic amines is 1. The lowest BCUT2D eigenvalue weighted by Gasteiger charge is -2.47. The van der Waals surface area contributed by atoms with E-state index in [1.807, 2.05) is 20.8 Å². The molecule has 0 saturated heterocycles. The molecule has 27 heavy (non-hydrogen) atoms. The van der Waals surface area contributed by atoms with Gasteiger partial charge in [-0.25, -0.2) is 0 Å². The monoisotopic (exact) mass is 371 g/mol. The third-order valence-electron chi connectivity index (χ3n) is 6.11. The smallest absolute Gasteiger partial charge is 0.123 e. The third-order valence-corrected chi connectivity index (χ3v) is 6.11. The number of aldehydes is 1. The van der Waals surface area contributed by atoms with Gasteiger partial charge in [-0.2, -0.15) is 0 Å². The number of benzene rings is 1. The Morgan fingerprint density at radius 1 is 1.41 bits per heavy atom. The van der Waals surface area contributed by atoms with Crippen molar-refractivity contribution in [2.75, 3.05) is 6.61 Å². The number of rotatable bonds is 4. The van der Waals surface area contributed by atoms with Gasteiger partial charge >= 0.3 is 0 Å². The Kier molecular flexibility index (Phi) is 4.39. The van der Waals surface area contributed by atoms with Gasteiger partial charge in [-0.05, 0) is 59.9 Å². The van der Waals surface area contributed by atoms with E-state index in [0.29, 0.717) is 18.8 Å². The molecule has 148 valence electrons. The van der Waals surface area contributed by atoms with Gasteiger partial charge in [-0.1, -0.05) is 41.5 Å². The van der Waals surface area contributed by atoms with Gasteiger partial charge in [0.05, 0.1) is 12.3 Å². The zero-order valence-electron chi connectivity index (χ0n) is 20.0. The minimum absolute atomic E-state index is 0.116. The van der Waals surface area contributed by atoms with Crippen LogP contribution < -0.4 is 0 Å². The summed E-state index contributed by atoms with van der Waals surface area (Å²) in [5.41, 5.74) is 4.69. The summed E-state index contributed by atoms with van der Waals surface area (Å²) in [5.74, 6) is 0.618. The number of carbonyl (C=O) groups excluding carboxylic acids is 1. The molecule has 2 atom stereocenters. The van der Waals surface area contributed by atoms with Crippen molar-refractivity contribution in [1.82, 2.24) is 4.98 Å². The molecule has 1 aliphatic heterocycles. The minimum atomic E-state index is -2.16. The summed E-state index contributed by atoms with van der Waals surface area (Å²) in [7, 11) is 0. The molecule has 0 spiro atoms. The fourth-order valence-electron chi connectivity index (χ4n) is 4.53. The Hall–Kier alpha value is -1.61. The van der Waals surface area contributed by atoms with E-state index < -0.39 is 17.4 Å². The standard InChI is InChI=1S/C24H35NO2/c1-14(2)11-18-17(5)15(3)12-19-20-16(4)13-27-24(9-10-26,23(6,7)8)22(20)25-21(18)19/h10,12,14,16,25H,9,11,13H2,1-8H3/t16?,24-/m1/s1/i9D2. The van der Waals surface area contributed by atoms with E-state index in [9.17, 15) is 4.79 Å². The number of carbonyl (C=O) groups is 1. The highest BCUT2D eigenvalue weighted by Gasteiger charge is 2.50.